The lowest BCUT2D eigenvalue weighted by Crippen LogP contribution is -2.30. The summed E-state index contributed by atoms with van der Waals surface area (Å²) in [6, 6.07) is 13.9. The maximum Gasteiger partial charge on any atom is 0.241 e. The SMILES string of the molecule is COc1ccc(S(=O)(=O)N[C@H](CC(C)C)c2ccccc2)cc1N1CCCC1=O. The van der Waals surface area contributed by atoms with E-state index < -0.39 is 10.0 Å². The predicted octanol–water partition coefficient (Wildman–Crippen LogP) is 3.89. The van der Waals surface area contributed by atoms with E-state index in [2.05, 4.69) is 18.6 Å². The number of anilines is 1. The lowest BCUT2D eigenvalue weighted by atomic mass is 9.98. The lowest BCUT2D eigenvalue weighted by molar-refractivity contribution is -0.117. The Balaban J connectivity index is 1.94. The van der Waals surface area contributed by atoms with E-state index in [1.54, 1.807) is 11.0 Å². The number of hydrogen-bond donors (Lipinski definition) is 1. The van der Waals surface area contributed by atoms with Gasteiger partial charge in [0.05, 0.1) is 17.7 Å². The molecule has 156 valence electrons. The van der Waals surface area contributed by atoms with Crippen LogP contribution in [-0.4, -0.2) is 28.0 Å². The first-order chi connectivity index (χ1) is 13.8. The van der Waals surface area contributed by atoms with Crippen molar-refractivity contribution >= 4 is 21.6 Å². The molecule has 1 heterocycles. The number of amides is 1. The quantitative estimate of drug-likeness (QED) is 0.708. The second-order valence-electron chi connectivity index (χ2n) is 7.70. The van der Waals surface area contributed by atoms with Gasteiger partial charge in [-0.25, -0.2) is 13.1 Å². The van der Waals surface area contributed by atoms with E-state index in [0.717, 1.165) is 12.0 Å². The van der Waals surface area contributed by atoms with Crippen LogP contribution in [0.25, 0.3) is 0 Å². The van der Waals surface area contributed by atoms with E-state index in [0.29, 0.717) is 36.7 Å². The van der Waals surface area contributed by atoms with Crippen LogP contribution in [0.15, 0.2) is 53.4 Å². The zero-order valence-electron chi connectivity index (χ0n) is 17.1. The first-order valence-electron chi connectivity index (χ1n) is 9.87. The molecule has 1 fully saturated rings. The molecule has 1 amide bonds. The summed E-state index contributed by atoms with van der Waals surface area (Å²) in [6.07, 6.45) is 1.89. The number of nitrogens with zero attached hydrogens (tertiary/aromatic N) is 1. The molecule has 0 saturated carbocycles. The summed E-state index contributed by atoms with van der Waals surface area (Å²) in [4.78, 5) is 13.9. The van der Waals surface area contributed by atoms with Crippen LogP contribution in [-0.2, 0) is 14.8 Å². The van der Waals surface area contributed by atoms with E-state index in [4.69, 9.17) is 4.74 Å². The molecular formula is C22H28N2O4S. The molecule has 2 aromatic rings. The van der Waals surface area contributed by atoms with Gasteiger partial charge in [0.15, 0.2) is 0 Å². The van der Waals surface area contributed by atoms with Gasteiger partial charge < -0.3 is 9.64 Å². The van der Waals surface area contributed by atoms with Crippen molar-refractivity contribution in [3.8, 4) is 5.75 Å². The van der Waals surface area contributed by atoms with Crippen molar-refractivity contribution in [2.24, 2.45) is 5.92 Å². The molecule has 0 bridgehead atoms. The fraction of sp³-hybridized carbons (Fsp3) is 0.409. The van der Waals surface area contributed by atoms with Crippen LogP contribution in [0.4, 0.5) is 5.69 Å². The van der Waals surface area contributed by atoms with Crippen molar-refractivity contribution in [3.05, 3.63) is 54.1 Å². The molecule has 29 heavy (non-hydrogen) atoms. The molecule has 0 radical (unpaired) electrons. The van der Waals surface area contributed by atoms with Crippen LogP contribution in [0.5, 0.6) is 5.75 Å². The highest BCUT2D eigenvalue weighted by Gasteiger charge is 2.28. The second-order valence-corrected chi connectivity index (χ2v) is 9.41. The summed E-state index contributed by atoms with van der Waals surface area (Å²) in [5, 5.41) is 0. The van der Waals surface area contributed by atoms with Gasteiger partial charge in [0.25, 0.3) is 0 Å². The zero-order chi connectivity index (χ0) is 21.0. The molecule has 6 nitrogen and oxygen atoms in total. The minimum Gasteiger partial charge on any atom is -0.495 e. The zero-order valence-corrected chi connectivity index (χ0v) is 17.9. The average molecular weight is 417 g/mol. The summed E-state index contributed by atoms with van der Waals surface area (Å²) in [7, 11) is -2.28. The highest BCUT2D eigenvalue weighted by molar-refractivity contribution is 7.89. The van der Waals surface area contributed by atoms with Gasteiger partial charge in [0.1, 0.15) is 5.75 Å². The fourth-order valence-corrected chi connectivity index (χ4v) is 4.87. The Hall–Kier alpha value is -2.38. The number of ether oxygens (including phenoxy) is 1. The summed E-state index contributed by atoms with van der Waals surface area (Å²) in [5.74, 6) is 0.783. The van der Waals surface area contributed by atoms with E-state index in [1.165, 1.54) is 19.2 Å². The largest absolute Gasteiger partial charge is 0.495 e. The summed E-state index contributed by atoms with van der Waals surface area (Å²) in [5.41, 5.74) is 1.42. The molecule has 0 unspecified atom stereocenters. The van der Waals surface area contributed by atoms with Crippen molar-refractivity contribution in [2.75, 3.05) is 18.6 Å². The van der Waals surface area contributed by atoms with Gasteiger partial charge in [-0.2, -0.15) is 0 Å². The van der Waals surface area contributed by atoms with Gasteiger partial charge >= 0.3 is 0 Å². The molecule has 1 aliphatic rings. The molecular weight excluding hydrogens is 388 g/mol. The van der Waals surface area contributed by atoms with Crippen molar-refractivity contribution in [2.45, 2.75) is 44.0 Å². The Kier molecular flexibility index (Phi) is 6.59. The van der Waals surface area contributed by atoms with Gasteiger partial charge in [-0.3, -0.25) is 4.79 Å². The molecule has 7 heteroatoms. The third-order valence-corrected chi connectivity index (χ3v) is 6.50. The Morgan fingerprint density at radius 1 is 1.14 bits per heavy atom. The van der Waals surface area contributed by atoms with E-state index in [9.17, 15) is 13.2 Å². The monoisotopic (exact) mass is 416 g/mol. The van der Waals surface area contributed by atoms with Crippen molar-refractivity contribution in [3.63, 3.8) is 0 Å². The summed E-state index contributed by atoms with van der Waals surface area (Å²) >= 11 is 0. The highest BCUT2D eigenvalue weighted by Crippen LogP contribution is 2.34. The van der Waals surface area contributed by atoms with Gasteiger partial charge in [-0.05, 0) is 42.5 Å². The summed E-state index contributed by atoms with van der Waals surface area (Å²) in [6.45, 7) is 4.69. The number of rotatable bonds is 8. The standard InChI is InChI=1S/C22H28N2O4S/c1-16(2)14-19(17-8-5-4-6-9-17)23-29(26,27)18-11-12-21(28-3)20(15-18)24-13-7-10-22(24)25/h4-6,8-9,11-12,15-16,19,23H,7,10,13-14H2,1-3H3/t19-/m1/s1. The first-order valence-corrected chi connectivity index (χ1v) is 11.4. The molecule has 1 atom stereocenters. The lowest BCUT2D eigenvalue weighted by Gasteiger charge is -2.23. The fourth-order valence-electron chi connectivity index (χ4n) is 3.62. The third kappa shape index (κ3) is 4.97. The van der Waals surface area contributed by atoms with Crippen LogP contribution in [0.2, 0.25) is 0 Å². The summed E-state index contributed by atoms with van der Waals surface area (Å²) < 4.78 is 34.6. The number of carbonyl (C=O) groups is 1. The highest BCUT2D eigenvalue weighted by atomic mass is 32.2. The molecule has 0 aliphatic carbocycles. The van der Waals surface area contributed by atoms with Crippen molar-refractivity contribution in [1.29, 1.82) is 0 Å². The van der Waals surface area contributed by atoms with Gasteiger partial charge in [-0.1, -0.05) is 44.2 Å². The van der Waals surface area contributed by atoms with Gasteiger partial charge in [0.2, 0.25) is 15.9 Å². The maximum absolute atomic E-state index is 13.2. The number of benzene rings is 2. The van der Waals surface area contributed by atoms with Crippen LogP contribution >= 0.6 is 0 Å². The first kappa shape index (κ1) is 21.3. The second kappa shape index (κ2) is 8.97. The van der Waals surface area contributed by atoms with Crippen LogP contribution in [0.1, 0.15) is 44.7 Å². The average Bonchev–Trinajstić information content (AvgIpc) is 3.13. The minimum atomic E-state index is -3.79. The number of sulfonamides is 1. The van der Waals surface area contributed by atoms with E-state index in [1.807, 2.05) is 30.3 Å². The van der Waals surface area contributed by atoms with Crippen LogP contribution in [0.3, 0.4) is 0 Å². The molecule has 2 aromatic carbocycles. The Morgan fingerprint density at radius 3 is 2.45 bits per heavy atom. The van der Waals surface area contributed by atoms with Crippen LogP contribution in [0, 0.1) is 5.92 Å². The molecule has 0 aromatic heterocycles. The molecule has 3 rings (SSSR count). The van der Waals surface area contributed by atoms with E-state index in [-0.39, 0.29) is 16.8 Å². The number of nitrogens with one attached hydrogen (secondary N) is 1. The number of methoxy groups -OCH3 is 1. The molecule has 1 aliphatic heterocycles. The maximum atomic E-state index is 13.2. The molecule has 1 N–H and O–H groups in total. The smallest absolute Gasteiger partial charge is 0.241 e. The van der Waals surface area contributed by atoms with Gasteiger partial charge in [-0.15, -0.1) is 0 Å². The Morgan fingerprint density at radius 2 is 1.86 bits per heavy atom. The van der Waals surface area contributed by atoms with Gasteiger partial charge in [0, 0.05) is 19.0 Å². The minimum absolute atomic E-state index is 0.0206. The Labute approximate surface area is 172 Å². The van der Waals surface area contributed by atoms with Crippen molar-refractivity contribution < 1.29 is 17.9 Å². The third-order valence-electron chi connectivity index (χ3n) is 5.03. The van der Waals surface area contributed by atoms with E-state index >= 15 is 0 Å². The number of hydrogen-bond acceptors (Lipinski definition) is 4. The topological polar surface area (TPSA) is 75.7 Å². The van der Waals surface area contributed by atoms with Crippen molar-refractivity contribution in [1.82, 2.24) is 4.72 Å². The molecule has 0 spiro atoms. The Bertz CT molecular complexity index is 958. The molecule has 1 saturated heterocycles. The predicted molar refractivity (Wildman–Crippen MR) is 114 cm³/mol. The number of carbonyl (C=O) groups excluding carboxylic acids is 1. The van der Waals surface area contributed by atoms with Crippen LogP contribution < -0.4 is 14.4 Å². The normalized spacial score (nSPS) is 15.7.